The van der Waals surface area contributed by atoms with E-state index in [2.05, 4.69) is 20.9 Å². The molecule has 0 bridgehead atoms. The van der Waals surface area contributed by atoms with Gasteiger partial charge in [0.05, 0.1) is 60.5 Å². The topological polar surface area (TPSA) is 598 Å². The van der Waals surface area contributed by atoms with E-state index in [9.17, 15) is 74.4 Å². The number of ketones is 1. The third-order valence-electron chi connectivity index (χ3n) is 8.98. The Morgan fingerprint density at radius 2 is 0.714 bits per heavy atom. The smallest absolute Gasteiger partial charge is 0.335 e. The summed E-state index contributed by atoms with van der Waals surface area (Å²) in [6, 6.07) is 17.2. The lowest BCUT2D eigenvalue weighted by molar-refractivity contribution is -0.138. The second-order valence-electron chi connectivity index (χ2n) is 16.4. The van der Waals surface area contributed by atoms with Crippen LogP contribution in [0.15, 0.2) is 66.7 Å². The Morgan fingerprint density at radius 3 is 1.01 bits per heavy atom. The first-order valence-corrected chi connectivity index (χ1v) is 27.2. The summed E-state index contributed by atoms with van der Waals surface area (Å²) >= 11 is 0. The summed E-state index contributed by atoms with van der Waals surface area (Å²) in [6.45, 7) is 1.38. The Kier molecular flexibility index (Phi) is 47.6. The second-order valence-corrected chi connectivity index (χ2v) is 19.8. The number of hydrogen-bond donors (Lipinski definition) is 16. The highest BCUT2D eigenvalue weighted by molar-refractivity contribution is 7.89. The van der Waals surface area contributed by atoms with Crippen LogP contribution in [-0.4, -0.2) is 182 Å². The Hall–Kier alpha value is -8.96. The van der Waals surface area contributed by atoms with Gasteiger partial charge in [-0.3, -0.25) is 43.2 Å². The predicted molar refractivity (Wildman–Crippen MR) is 298 cm³/mol. The average Bonchev–Trinajstić information content (AvgIpc) is 3.35. The van der Waals surface area contributed by atoms with Gasteiger partial charge in [0, 0.05) is 43.6 Å². The van der Waals surface area contributed by atoms with Crippen LogP contribution in [0.25, 0.3) is 0 Å². The normalized spacial score (nSPS) is 9.89. The maximum absolute atomic E-state index is 10.9. The molecule has 0 aliphatic carbocycles. The Labute approximate surface area is 482 Å². The van der Waals surface area contributed by atoms with Gasteiger partial charge in [-0.05, 0) is 99.0 Å². The summed E-state index contributed by atoms with van der Waals surface area (Å²) < 4.78 is 40.5. The second kappa shape index (κ2) is 47.7. The molecule has 0 heterocycles. The van der Waals surface area contributed by atoms with Gasteiger partial charge in [-0.1, -0.05) is 31.7 Å². The molecule has 32 nitrogen and oxygen atoms in total. The summed E-state index contributed by atoms with van der Waals surface area (Å²) in [4.78, 5) is 122. The lowest BCUT2D eigenvalue weighted by Gasteiger charge is -2.01. The van der Waals surface area contributed by atoms with Crippen molar-refractivity contribution in [1.29, 1.82) is 0 Å². The summed E-state index contributed by atoms with van der Waals surface area (Å²) in [5, 5.41) is 105. The number of carbonyl (C=O) groups is 12. The zero-order valence-corrected chi connectivity index (χ0v) is 46.2. The van der Waals surface area contributed by atoms with Crippen LogP contribution in [0.4, 0.5) is 5.69 Å². The zero-order valence-electron chi connectivity index (χ0n) is 44.6. The van der Waals surface area contributed by atoms with Crippen molar-refractivity contribution < 1.29 is 131 Å². The number of benzene rings is 3. The highest BCUT2D eigenvalue weighted by Crippen LogP contribution is 2.13. The molecule has 0 aliphatic rings. The van der Waals surface area contributed by atoms with Crippen molar-refractivity contribution in [3.63, 3.8) is 0 Å². The van der Waals surface area contributed by atoms with Gasteiger partial charge in [0.25, 0.3) is 0 Å². The number of hydrogen-bond acceptors (Lipinski definition) is 19. The fraction of sp³-hybridized carbons (Fsp3) is 0.400. The SMILES string of the molecule is C.CC(=O)c1cc(N)cc(C(=O)O)c1.NS(=O)(=O)CCC(=O)O.NS(=O)(=O)CCCC(=O)O.O=C(O)CCCCc1ccc(C(=O)O)cc1.O=C(O)CCCc1ccc(C(=O)O)cc1.O=C(O)CCNCC(=O)O.O=C(O)CCNCC(=O)O. The van der Waals surface area contributed by atoms with Crippen molar-refractivity contribution in [3.05, 3.63) is 100 Å². The van der Waals surface area contributed by atoms with E-state index in [0.717, 1.165) is 24.0 Å². The van der Waals surface area contributed by atoms with Gasteiger partial charge in [-0.25, -0.2) is 41.5 Å². The first-order chi connectivity index (χ1) is 38.3. The molecule has 0 aromatic heterocycles. The molecule has 3 aromatic rings. The number of nitrogen functional groups attached to an aromatic ring is 1. The van der Waals surface area contributed by atoms with Gasteiger partial charge >= 0.3 is 65.7 Å². The molecule has 472 valence electrons. The van der Waals surface area contributed by atoms with Crippen LogP contribution in [0.3, 0.4) is 0 Å². The van der Waals surface area contributed by atoms with Crippen LogP contribution in [0.2, 0.25) is 0 Å². The standard InChI is InChI=1S/C12H14O4.C11H12O4.C9H9NO3.2C5H9NO4.C4H9NO4S.C3H7NO4S.CH4/c13-11(14)4-2-1-3-9-5-7-10(8-6-9)12(15)16;12-10(13)3-1-2-8-4-6-9(7-5-8)11(14)15;1-5(11)6-2-7(9(12)13)4-8(10)3-6;2*7-4(8)1-2-6-3-5(9)10;5-10(8,9)3-1-2-4(6)7;4-9(7,8)2-1-3(5)6;/h5-8H,1-4H2,(H,13,14)(H,15,16);4-7H,1-3H2,(H,12,13)(H,14,15);2-4H,10H2,1H3,(H,12,13);2*6H,1-3H2,(H,7,8)(H,9,10);1-3H2,(H,6,7)(H2,5,8,9);1-2H2,(H,5,6)(H2,4,7,8);1H4. The Morgan fingerprint density at radius 1 is 0.393 bits per heavy atom. The first kappa shape index (κ1) is 83.9. The minimum Gasteiger partial charge on any atom is -0.481 e. The van der Waals surface area contributed by atoms with E-state index < -0.39 is 97.9 Å². The van der Waals surface area contributed by atoms with Crippen LogP contribution in [0, 0.1) is 0 Å². The fourth-order valence-corrected chi connectivity index (χ4v) is 6.10. The summed E-state index contributed by atoms with van der Waals surface area (Å²) in [5.74, 6) is -11.5. The number of nitrogens with one attached hydrogen (secondary N) is 2. The van der Waals surface area contributed by atoms with E-state index in [1.54, 1.807) is 36.4 Å². The number of carboxylic acid groups (broad SMARTS) is 11. The predicted octanol–water partition coefficient (Wildman–Crippen LogP) is 1.94. The van der Waals surface area contributed by atoms with Crippen molar-refractivity contribution in [2.75, 3.05) is 43.4 Å². The highest BCUT2D eigenvalue weighted by Gasteiger charge is 2.09. The van der Waals surface area contributed by atoms with E-state index in [1.165, 1.54) is 37.3 Å². The largest absolute Gasteiger partial charge is 0.481 e. The van der Waals surface area contributed by atoms with Gasteiger partial charge in [0.15, 0.2) is 5.78 Å². The van der Waals surface area contributed by atoms with Crippen LogP contribution in [0.1, 0.15) is 131 Å². The number of primary sulfonamides is 2. The fourth-order valence-electron chi connectivity index (χ4n) is 5.09. The molecule has 0 aliphatic heterocycles. The van der Waals surface area contributed by atoms with E-state index in [4.69, 9.17) is 61.9 Å². The first-order valence-electron chi connectivity index (χ1n) is 23.7. The maximum Gasteiger partial charge on any atom is 0.335 e. The van der Waals surface area contributed by atoms with Crippen LogP contribution in [0.5, 0.6) is 0 Å². The Bertz CT molecular complexity index is 2710. The third kappa shape index (κ3) is 60.7. The summed E-state index contributed by atoms with van der Waals surface area (Å²) in [7, 11) is -7.08. The van der Waals surface area contributed by atoms with E-state index in [0.29, 0.717) is 24.8 Å². The molecule has 0 saturated heterocycles. The molecule has 0 spiro atoms. The highest BCUT2D eigenvalue weighted by atomic mass is 32.2. The van der Waals surface area contributed by atoms with Gasteiger partial charge in [-0.2, -0.15) is 0 Å². The third-order valence-corrected chi connectivity index (χ3v) is 10.6. The van der Waals surface area contributed by atoms with Crippen molar-refractivity contribution in [1.82, 2.24) is 10.6 Å². The molecule has 0 saturated carbocycles. The molecular weight excluding hydrogens is 1170 g/mol. The van der Waals surface area contributed by atoms with Crippen molar-refractivity contribution in [2.45, 2.75) is 91.4 Å². The Balaban J connectivity index is -0.000000292. The molecule has 0 unspecified atom stereocenters. The number of aromatic carboxylic acids is 3. The van der Waals surface area contributed by atoms with Gasteiger partial charge < -0.3 is 72.5 Å². The number of carbonyl (C=O) groups excluding carboxylic acids is 1. The number of nitrogens with two attached hydrogens (primary N) is 3. The lowest BCUT2D eigenvalue weighted by Crippen LogP contribution is -2.24. The molecular formula is C50H73N5O27S2. The maximum atomic E-state index is 10.9. The molecule has 0 radical (unpaired) electrons. The van der Waals surface area contributed by atoms with Crippen LogP contribution >= 0.6 is 0 Å². The van der Waals surface area contributed by atoms with Crippen molar-refractivity contribution >= 4 is 97.2 Å². The van der Waals surface area contributed by atoms with Crippen molar-refractivity contribution in [3.8, 4) is 0 Å². The van der Waals surface area contributed by atoms with Gasteiger partial charge in [0.2, 0.25) is 20.0 Å². The van der Waals surface area contributed by atoms with Crippen LogP contribution < -0.4 is 26.6 Å². The number of sulfonamides is 2. The summed E-state index contributed by atoms with van der Waals surface area (Å²) in [6.07, 6.45) is 3.19. The quantitative estimate of drug-likeness (QED) is 0.0258. The summed E-state index contributed by atoms with van der Waals surface area (Å²) in [5.41, 5.74) is 8.57. The number of aryl methyl sites for hydroxylation is 2. The minimum atomic E-state index is -3.60. The average molecular weight is 1240 g/mol. The molecule has 0 amide bonds. The monoisotopic (exact) mass is 1240 g/mol. The molecule has 0 fully saturated rings. The van der Waals surface area contributed by atoms with E-state index in [-0.39, 0.29) is 106 Å². The van der Waals surface area contributed by atoms with Crippen molar-refractivity contribution in [2.24, 2.45) is 10.3 Å². The molecule has 84 heavy (non-hydrogen) atoms. The molecule has 3 aromatic carbocycles. The number of aliphatic carboxylic acids is 8. The van der Waals surface area contributed by atoms with Crippen LogP contribution in [-0.2, 0) is 71.2 Å². The van der Waals surface area contributed by atoms with Gasteiger partial charge in [0.1, 0.15) is 0 Å². The van der Waals surface area contributed by atoms with Gasteiger partial charge in [-0.15, -0.1) is 0 Å². The number of anilines is 1. The molecule has 3 rings (SSSR count). The number of rotatable bonds is 30. The number of Topliss-reactive ketones (excluding diaryl/α,β-unsaturated/α-hetero) is 1. The zero-order chi connectivity index (χ0) is 64.9. The lowest BCUT2D eigenvalue weighted by atomic mass is 10.1. The van der Waals surface area contributed by atoms with E-state index >= 15 is 0 Å². The number of carboxylic acids is 11. The minimum absolute atomic E-state index is 0. The molecule has 34 heteroatoms. The molecule has 0 atom stereocenters. The molecule has 19 N–H and O–H groups in total. The number of unbranched alkanes of at least 4 members (excludes halogenated alkanes) is 1. The van der Waals surface area contributed by atoms with E-state index in [1.807, 2.05) is 0 Å².